The van der Waals surface area contributed by atoms with Crippen LogP contribution >= 0.6 is 0 Å². The molecule has 28 heavy (non-hydrogen) atoms. The Morgan fingerprint density at radius 2 is 1.86 bits per heavy atom. The van der Waals surface area contributed by atoms with Crippen molar-refractivity contribution in [2.75, 3.05) is 11.9 Å². The maximum atomic E-state index is 12.7. The zero-order valence-corrected chi connectivity index (χ0v) is 15.9. The third kappa shape index (κ3) is 4.66. The van der Waals surface area contributed by atoms with Gasteiger partial charge in [-0.3, -0.25) is 14.9 Å². The van der Waals surface area contributed by atoms with Crippen LogP contribution in [-0.4, -0.2) is 31.1 Å². The molecule has 1 fully saturated rings. The monoisotopic (exact) mass is 404 g/mol. The van der Waals surface area contributed by atoms with Gasteiger partial charge in [-0.25, -0.2) is 8.42 Å². The third-order valence-electron chi connectivity index (χ3n) is 4.59. The molecule has 0 aromatic heterocycles. The van der Waals surface area contributed by atoms with Gasteiger partial charge in [-0.15, -0.1) is 0 Å². The van der Waals surface area contributed by atoms with Crippen LogP contribution in [0.2, 0.25) is 0 Å². The lowest BCUT2D eigenvalue weighted by Crippen LogP contribution is -2.21. The third-order valence-corrected chi connectivity index (χ3v) is 6.85. The van der Waals surface area contributed by atoms with Crippen LogP contribution in [0.5, 0.6) is 5.75 Å². The maximum absolute atomic E-state index is 12.7. The summed E-state index contributed by atoms with van der Waals surface area (Å²) in [7, 11) is -3.41. The molecule has 0 radical (unpaired) electrons. The van der Waals surface area contributed by atoms with Gasteiger partial charge in [0.2, 0.25) is 0 Å². The molecule has 148 valence electrons. The van der Waals surface area contributed by atoms with Gasteiger partial charge in [-0.1, -0.05) is 25.0 Å². The van der Waals surface area contributed by atoms with E-state index in [0.29, 0.717) is 18.5 Å². The normalized spacial score (nSPS) is 14.6. The molecule has 9 heteroatoms. The largest absolute Gasteiger partial charge is 0.484 e. The van der Waals surface area contributed by atoms with Crippen LogP contribution in [0.4, 0.5) is 11.4 Å². The van der Waals surface area contributed by atoms with Gasteiger partial charge in [0.05, 0.1) is 21.1 Å². The minimum Gasteiger partial charge on any atom is -0.484 e. The first-order chi connectivity index (χ1) is 13.4. The summed E-state index contributed by atoms with van der Waals surface area (Å²) in [5, 5.41) is 13.0. The van der Waals surface area contributed by atoms with Crippen molar-refractivity contribution in [2.24, 2.45) is 0 Å². The van der Waals surface area contributed by atoms with E-state index < -0.39 is 20.7 Å². The van der Waals surface area contributed by atoms with Crippen LogP contribution in [0.15, 0.2) is 53.4 Å². The van der Waals surface area contributed by atoms with Crippen molar-refractivity contribution in [3.63, 3.8) is 0 Å². The topological polar surface area (TPSA) is 116 Å². The number of hydrogen-bond donors (Lipinski definition) is 1. The number of rotatable bonds is 7. The Balaban J connectivity index is 1.63. The Kier molecular flexibility index (Phi) is 5.93. The Hall–Kier alpha value is -2.94. The number of carbonyl (C=O) groups excluding carboxylic acids is 1. The summed E-state index contributed by atoms with van der Waals surface area (Å²) < 4.78 is 30.6. The molecule has 0 bridgehead atoms. The van der Waals surface area contributed by atoms with E-state index in [-0.39, 0.29) is 28.2 Å². The molecule has 0 spiro atoms. The molecule has 0 heterocycles. The molecule has 1 N–H and O–H groups in total. The van der Waals surface area contributed by atoms with Crippen LogP contribution in [0, 0.1) is 10.1 Å². The number of carbonyl (C=O) groups is 1. The van der Waals surface area contributed by atoms with Gasteiger partial charge in [0.15, 0.2) is 16.4 Å². The number of sulfone groups is 1. The predicted molar refractivity (Wildman–Crippen MR) is 103 cm³/mol. The second-order valence-electron chi connectivity index (χ2n) is 6.57. The molecule has 1 aliphatic carbocycles. The lowest BCUT2D eigenvalue weighted by atomic mass is 10.3. The molecular formula is C19H20N2O6S. The van der Waals surface area contributed by atoms with Gasteiger partial charge in [0.25, 0.3) is 11.6 Å². The van der Waals surface area contributed by atoms with E-state index >= 15 is 0 Å². The predicted octanol–water partition coefficient (Wildman–Crippen LogP) is 3.33. The van der Waals surface area contributed by atoms with E-state index in [0.717, 1.165) is 12.8 Å². The lowest BCUT2D eigenvalue weighted by molar-refractivity contribution is -0.384. The smallest absolute Gasteiger partial charge is 0.273 e. The Morgan fingerprint density at radius 3 is 2.57 bits per heavy atom. The number of nitrogens with one attached hydrogen (secondary N) is 1. The van der Waals surface area contributed by atoms with Crippen molar-refractivity contribution in [2.45, 2.75) is 35.8 Å². The van der Waals surface area contributed by atoms with Gasteiger partial charge < -0.3 is 10.1 Å². The molecule has 1 saturated carbocycles. The summed E-state index contributed by atoms with van der Waals surface area (Å²) in [5.74, 6) is -0.302. The van der Waals surface area contributed by atoms with E-state index in [1.807, 2.05) is 0 Å². The average molecular weight is 404 g/mol. The SMILES string of the molecule is O=C(COc1cccc([N+](=O)[O-])c1)Nc1cccc(S(=O)(=O)C2CCCC2)c1. The number of anilines is 1. The highest BCUT2D eigenvalue weighted by atomic mass is 32.2. The van der Waals surface area contributed by atoms with E-state index in [1.54, 1.807) is 12.1 Å². The van der Waals surface area contributed by atoms with Gasteiger partial charge in [-0.2, -0.15) is 0 Å². The van der Waals surface area contributed by atoms with E-state index in [2.05, 4.69) is 5.32 Å². The number of ether oxygens (including phenoxy) is 1. The van der Waals surface area contributed by atoms with Crippen molar-refractivity contribution in [3.8, 4) is 5.75 Å². The second kappa shape index (κ2) is 8.39. The molecule has 0 atom stereocenters. The molecule has 1 amide bonds. The number of non-ortho nitro benzene ring substituents is 1. The van der Waals surface area contributed by atoms with Crippen molar-refractivity contribution in [1.29, 1.82) is 0 Å². The quantitative estimate of drug-likeness (QED) is 0.559. The minimum atomic E-state index is -3.41. The maximum Gasteiger partial charge on any atom is 0.273 e. The molecular weight excluding hydrogens is 384 g/mol. The van der Waals surface area contributed by atoms with Crippen molar-refractivity contribution in [3.05, 3.63) is 58.6 Å². The second-order valence-corrected chi connectivity index (χ2v) is 8.80. The van der Waals surface area contributed by atoms with Crippen molar-refractivity contribution >= 4 is 27.1 Å². The summed E-state index contributed by atoms with van der Waals surface area (Å²) in [6, 6.07) is 11.7. The summed E-state index contributed by atoms with van der Waals surface area (Å²) in [6.07, 6.45) is 3.15. The first kappa shape index (κ1) is 19.8. The number of amides is 1. The number of nitro benzene ring substituents is 1. The molecule has 1 aliphatic rings. The highest BCUT2D eigenvalue weighted by Crippen LogP contribution is 2.30. The van der Waals surface area contributed by atoms with Crippen LogP contribution < -0.4 is 10.1 Å². The standard InChI is InChI=1S/C19H20N2O6S/c22-19(13-27-16-7-4-6-15(12-16)21(23)24)20-14-5-3-10-18(11-14)28(25,26)17-8-1-2-9-17/h3-7,10-12,17H,1-2,8-9,13H2,(H,20,22). The zero-order chi connectivity index (χ0) is 20.1. The number of nitro groups is 1. The summed E-state index contributed by atoms with van der Waals surface area (Å²) in [5.41, 5.74) is 0.217. The number of hydrogen-bond acceptors (Lipinski definition) is 6. The Bertz CT molecular complexity index is 983. The molecule has 8 nitrogen and oxygen atoms in total. The molecule has 2 aromatic carbocycles. The first-order valence-electron chi connectivity index (χ1n) is 8.87. The van der Waals surface area contributed by atoms with Crippen LogP contribution in [0.1, 0.15) is 25.7 Å². The number of nitrogens with zero attached hydrogens (tertiary/aromatic N) is 1. The van der Waals surface area contributed by atoms with E-state index in [1.165, 1.54) is 36.4 Å². The fraction of sp³-hybridized carbons (Fsp3) is 0.316. The summed E-state index contributed by atoms with van der Waals surface area (Å²) in [6.45, 7) is -0.360. The van der Waals surface area contributed by atoms with Gasteiger partial charge >= 0.3 is 0 Å². The highest BCUT2D eigenvalue weighted by molar-refractivity contribution is 7.92. The molecule has 0 aliphatic heterocycles. The fourth-order valence-corrected chi connectivity index (χ4v) is 5.07. The van der Waals surface area contributed by atoms with Crippen LogP contribution in [0.3, 0.4) is 0 Å². The number of benzene rings is 2. The summed E-state index contributed by atoms with van der Waals surface area (Å²) in [4.78, 5) is 22.5. The Morgan fingerprint density at radius 1 is 1.14 bits per heavy atom. The van der Waals surface area contributed by atoms with Gasteiger partial charge in [0.1, 0.15) is 5.75 Å². The highest BCUT2D eigenvalue weighted by Gasteiger charge is 2.30. The minimum absolute atomic E-state index is 0.136. The average Bonchev–Trinajstić information content (AvgIpc) is 3.22. The van der Waals surface area contributed by atoms with Crippen molar-refractivity contribution < 1.29 is 22.9 Å². The van der Waals surface area contributed by atoms with Crippen LogP contribution in [0.25, 0.3) is 0 Å². The molecule has 2 aromatic rings. The Labute approximate surface area is 162 Å². The summed E-state index contributed by atoms with van der Waals surface area (Å²) >= 11 is 0. The lowest BCUT2D eigenvalue weighted by Gasteiger charge is -2.13. The molecule has 0 unspecified atom stereocenters. The van der Waals surface area contributed by atoms with E-state index in [9.17, 15) is 23.3 Å². The fourth-order valence-electron chi connectivity index (χ4n) is 3.17. The van der Waals surface area contributed by atoms with Crippen molar-refractivity contribution in [1.82, 2.24) is 0 Å². The van der Waals surface area contributed by atoms with Crippen LogP contribution in [-0.2, 0) is 14.6 Å². The molecule has 3 rings (SSSR count). The van der Waals surface area contributed by atoms with Gasteiger partial charge in [-0.05, 0) is 37.1 Å². The van der Waals surface area contributed by atoms with Gasteiger partial charge in [0, 0.05) is 11.8 Å². The molecule has 0 saturated heterocycles. The zero-order valence-electron chi connectivity index (χ0n) is 15.0. The van der Waals surface area contributed by atoms with E-state index in [4.69, 9.17) is 4.74 Å². The first-order valence-corrected chi connectivity index (χ1v) is 10.4.